The van der Waals surface area contributed by atoms with Gasteiger partial charge >= 0.3 is 6.18 Å². The molecular weight excluding hydrogens is 233 g/mol. The highest BCUT2D eigenvalue weighted by molar-refractivity contribution is 5.30. The van der Waals surface area contributed by atoms with Crippen LogP contribution in [0.2, 0.25) is 0 Å². The van der Waals surface area contributed by atoms with Crippen molar-refractivity contribution < 1.29 is 23.0 Å². The van der Waals surface area contributed by atoms with Crippen LogP contribution in [0.15, 0.2) is 24.3 Å². The first-order chi connectivity index (χ1) is 7.97. The van der Waals surface area contributed by atoms with Crippen molar-refractivity contribution in [2.75, 3.05) is 6.61 Å². The van der Waals surface area contributed by atoms with Gasteiger partial charge in [0.05, 0.1) is 11.7 Å². The topological polar surface area (TPSA) is 29.5 Å². The lowest BCUT2D eigenvalue weighted by atomic mass is 10.2. The molecule has 1 aromatic rings. The van der Waals surface area contributed by atoms with Gasteiger partial charge in [-0.25, -0.2) is 0 Å². The molecule has 1 aromatic carbocycles. The van der Waals surface area contributed by atoms with Gasteiger partial charge in [0.15, 0.2) is 0 Å². The first kappa shape index (κ1) is 12.2. The zero-order valence-corrected chi connectivity index (χ0v) is 9.07. The molecule has 0 spiro atoms. The largest absolute Gasteiger partial charge is 0.491 e. The highest BCUT2D eigenvalue weighted by atomic mass is 19.4. The molecule has 0 aliphatic heterocycles. The number of rotatable bonds is 4. The Hall–Kier alpha value is -1.23. The van der Waals surface area contributed by atoms with Crippen molar-refractivity contribution in [2.45, 2.75) is 25.1 Å². The Morgan fingerprint density at radius 1 is 1.35 bits per heavy atom. The second kappa shape index (κ2) is 4.56. The summed E-state index contributed by atoms with van der Waals surface area (Å²) >= 11 is 0. The normalized spacial score (nSPS) is 17.9. The fraction of sp³-hybridized carbons (Fsp3) is 0.500. The number of aliphatic hydroxyl groups is 1. The number of hydrogen-bond donors (Lipinski definition) is 1. The molecular formula is C12H13F3O2. The minimum absolute atomic E-state index is 0.0476. The van der Waals surface area contributed by atoms with Gasteiger partial charge in [-0.1, -0.05) is 6.07 Å². The highest BCUT2D eigenvalue weighted by Gasteiger charge is 2.31. The van der Waals surface area contributed by atoms with E-state index in [1.807, 2.05) is 0 Å². The van der Waals surface area contributed by atoms with E-state index in [9.17, 15) is 18.3 Å². The van der Waals surface area contributed by atoms with Gasteiger partial charge in [0.25, 0.3) is 0 Å². The Kier molecular flexibility index (Phi) is 3.28. The van der Waals surface area contributed by atoms with Crippen molar-refractivity contribution >= 4 is 0 Å². The van der Waals surface area contributed by atoms with E-state index in [0.29, 0.717) is 0 Å². The first-order valence-electron chi connectivity index (χ1n) is 5.45. The van der Waals surface area contributed by atoms with Crippen molar-refractivity contribution in [2.24, 2.45) is 5.92 Å². The monoisotopic (exact) mass is 246 g/mol. The lowest BCUT2D eigenvalue weighted by molar-refractivity contribution is -0.137. The predicted octanol–water partition coefficient (Wildman–Crippen LogP) is 2.86. The third-order valence-electron chi connectivity index (χ3n) is 2.75. The molecule has 0 bridgehead atoms. The fourth-order valence-electron chi connectivity index (χ4n) is 1.56. The van der Waals surface area contributed by atoms with Crippen LogP contribution in [0.3, 0.4) is 0 Å². The molecule has 0 amide bonds. The van der Waals surface area contributed by atoms with Crippen LogP contribution >= 0.6 is 0 Å². The summed E-state index contributed by atoms with van der Waals surface area (Å²) in [5, 5.41) is 9.53. The first-order valence-corrected chi connectivity index (χ1v) is 5.45. The lowest BCUT2D eigenvalue weighted by Crippen LogP contribution is -2.19. The Morgan fingerprint density at radius 2 is 2.06 bits per heavy atom. The van der Waals surface area contributed by atoms with Gasteiger partial charge in [-0.15, -0.1) is 0 Å². The second-order valence-corrected chi connectivity index (χ2v) is 4.24. The quantitative estimate of drug-likeness (QED) is 0.885. The molecule has 1 atom stereocenters. The number of alkyl halides is 3. The van der Waals surface area contributed by atoms with Crippen LogP contribution in [0.1, 0.15) is 18.4 Å². The summed E-state index contributed by atoms with van der Waals surface area (Å²) in [6, 6.07) is 4.68. The second-order valence-electron chi connectivity index (χ2n) is 4.24. The minimum atomic E-state index is -4.37. The molecule has 1 fully saturated rings. The summed E-state index contributed by atoms with van der Waals surface area (Å²) < 4.78 is 42.4. The van der Waals surface area contributed by atoms with Gasteiger partial charge in [0.2, 0.25) is 0 Å². The van der Waals surface area contributed by atoms with Crippen molar-refractivity contribution in [3.8, 4) is 5.75 Å². The number of ether oxygens (including phenoxy) is 1. The smallest absolute Gasteiger partial charge is 0.416 e. The number of aliphatic hydroxyl groups excluding tert-OH is 1. The van der Waals surface area contributed by atoms with Gasteiger partial charge in [-0.2, -0.15) is 13.2 Å². The molecule has 0 saturated heterocycles. The van der Waals surface area contributed by atoms with Crippen molar-refractivity contribution in [1.29, 1.82) is 0 Å². The summed E-state index contributed by atoms with van der Waals surface area (Å²) in [6.07, 6.45) is -3.01. The van der Waals surface area contributed by atoms with E-state index in [0.717, 1.165) is 25.0 Å². The van der Waals surface area contributed by atoms with E-state index >= 15 is 0 Å². The molecule has 0 radical (unpaired) electrons. The van der Waals surface area contributed by atoms with Gasteiger partial charge < -0.3 is 9.84 Å². The molecule has 1 unspecified atom stereocenters. The average Bonchev–Trinajstić information content (AvgIpc) is 3.09. The van der Waals surface area contributed by atoms with Crippen LogP contribution in [0.25, 0.3) is 0 Å². The zero-order chi connectivity index (χ0) is 12.5. The van der Waals surface area contributed by atoms with Crippen molar-refractivity contribution in [3.05, 3.63) is 29.8 Å². The molecule has 94 valence electrons. The molecule has 0 heterocycles. The molecule has 2 rings (SSSR count). The van der Waals surface area contributed by atoms with Crippen LogP contribution in [0.4, 0.5) is 13.2 Å². The summed E-state index contributed by atoms with van der Waals surface area (Å²) in [6.45, 7) is 0.0476. The maximum atomic E-state index is 12.4. The SMILES string of the molecule is OC(COc1cccc(C(F)(F)F)c1)C1CC1. The van der Waals surface area contributed by atoms with Crippen molar-refractivity contribution in [1.82, 2.24) is 0 Å². The van der Waals surface area contributed by atoms with Crippen LogP contribution in [0, 0.1) is 5.92 Å². The van der Waals surface area contributed by atoms with Crippen LogP contribution in [0.5, 0.6) is 5.75 Å². The predicted molar refractivity (Wildman–Crippen MR) is 55.7 cm³/mol. The van der Waals surface area contributed by atoms with Gasteiger partial charge in [-0.3, -0.25) is 0 Å². The van der Waals surface area contributed by atoms with Crippen molar-refractivity contribution in [3.63, 3.8) is 0 Å². The molecule has 1 aliphatic rings. The molecule has 17 heavy (non-hydrogen) atoms. The summed E-state index contributed by atoms with van der Waals surface area (Å²) in [5.41, 5.74) is -0.740. The van der Waals surface area contributed by atoms with E-state index in [1.165, 1.54) is 12.1 Å². The number of halogens is 3. The Bertz CT molecular complexity index is 386. The summed E-state index contributed by atoms with van der Waals surface area (Å²) in [4.78, 5) is 0. The lowest BCUT2D eigenvalue weighted by Gasteiger charge is -2.13. The maximum Gasteiger partial charge on any atom is 0.416 e. The van der Waals surface area contributed by atoms with Crippen LogP contribution < -0.4 is 4.74 Å². The van der Waals surface area contributed by atoms with E-state index in [-0.39, 0.29) is 18.3 Å². The van der Waals surface area contributed by atoms with E-state index in [2.05, 4.69) is 0 Å². The molecule has 1 saturated carbocycles. The summed E-state index contributed by atoms with van der Waals surface area (Å²) in [5.74, 6) is 0.389. The highest BCUT2D eigenvalue weighted by Crippen LogP contribution is 2.34. The average molecular weight is 246 g/mol. The zero-order valence-electron chi connectivity index (χ0n) is 9.07. The third kappa shape index (κ3) is 3.36. The molecule has 5 heteroatoms. The maximum absolute atomic E-state index is 12.4. The Balaban J connectivity index is 1.96. The Morgan fingerprint density at radius 3 is 2.65 bits per heavy atom. The molecule has 1 aliphatic carbocycles. The fourth-order valence-corrected chi connectivity index (χ4v) is 1.56. The third-order valence-corrected chi connectivity index (χ3v) is 2.75. The van der Waals surface area contributed by atoms with Crippen LogP contribution in [-0.4, -0.2) is 17.8 Å². The summed E-state index contributed by atoms with van der Waals surface area (Å²) in [7, 11) is 0. The Labute approximate surface area is 97.0 Å². The standard InChI is InChI=1S/C12H13F3O2/c13-12(14,15)9-2-1-3-10(6-9)17-7-11(16)8-4-5-8/h1-3,6,8,11,16H,4-5,7H2. The van der Waals surface area contributed by atoms with Gasteiger partial charge in [0.1, 0.15) is 12.4 Å². The van der Waals surface area contributed by atoms with Crippen LogP contribution in [-0.2, 0) is 6.18 Å². The number of benzene rings is 1. The molecule has 1 N–H and O–H groups in total. The van der Waals surface area contributed by atoms with E-state index < -0.39 is 17.8 Å². The number of hydrogen-bond acceptors (Lipinski definition) is 2. The minimum Gasteiger partial charge on any atom is -0.491 e. The van der Waals surface area contributed by atoms with Gasteiger partial charge in [-0.05, 0) is 37.0 Å². The molecule has 0 aromatic heterocycles. The van der Waals surface area contributed by atoms with Gasteiger partial charge in [0, 0.05) is 0 Å². The van der Waals surface area contributed by atoms with E-state index in [1.54, 1.807) is 0 Å². The molecule has 2 nitrogen and oxygen atoms in total. The van der Waals surface area contributed by atoms with E-state index in [4.69, 9.17) is 4.74 Å².